The number of halogens is 2. The first-order valence-electron chi connectivity index (χ1n) is 4.73. The molecule has 0 atom stereocenters. The van der Waals surface area contributed by atoms with E-state index in [1.54, 1.807) is 16.7 Å². The van der Waals surface area contributed by atoms with Gasteiger partial charge in [-0.25, -0.2) is 8.78 Å². The van der Waals surface area contributed by atoms with Crippen LogP contribution in [0.3, 0.4) is 0 Å². The molecule has 2 aromatic heterocycles. The van der Waals surface area contributed by atoms with Gasteiger partial charge < -0.3 is 9.72 Å². The van der Waals surface area contributed by atoms with Crippen LogP contribution in [-0.2, 0) is 0 Å². The van der Waals surface area contributed by atoms with E-state index >= 15 is 0 Å². The fraction of sp³-hybridized carbons (Fsp3) is 0.182. The lowest BCUT2D eigenvalue weighted by Crippen LogP contribution is -2.16. The number of carbonyl (C=O) groups is 1. The van der Waals surface area contributed by atoms with Gasteiger partial charge in [-0.1, -0.05) is 0 Å². The fourth-order valence-electron chi connectivity index (χ4n) is 1.53. The Labute approximate surface area is 90.7 Å². The normalized spacial score (nSPS) is 11.0. The van der Waals surface area contributed by atoms with Crippen molar-refractivity contribution in [1.82, 2.24) is 9.72 Å². The maximum atomic E-state index is 12.4. The second-order valence-electron chi connectivity index (χ2n) is 3.40. The number of aromatic nitrogens is 1. The summed E-state index contributed by atoms with van der Waals surface area (Å²) in [5.41, 5.74) is 0.986. The van der Waals surface area contributed by atoms with Crippen LogP contribution in [0, 0.1) is 0 Å². The van der Waals surface area contributed by atoms with Crippen molar-refractivity contribution in [3.8, 4) is 0 Å². The number of alkyl halides is 2. The Morgan fingerprint density at radius 1 is 1.44 bits per heavy atom. The fourth-order valence-corrected chi connectivity index (χ4v) is 1.53. The number of hydrogen-bond donors (Lipinski definition) is 1. The molecular weight excluding hydrogens is 214 g/mol. The van der Waals surface area contributed by atoms with Gasteiger partial charge in [0, 0.05) is 30.5 Å². The molecule has 0 bridgehead atoms. The predicted molar refractivity (Wildman–Crippen MR) is 55.7 cm³/mol. The Kier molecular flexibility index (Phi) is 2.60. The average molecular weight is 224 g/mol. The molecule has 0 unspecified atom stereocenters. The highest BCUT2D eigenvalue weighted by molar-refractivity contribution is 5.95. The van der Waals surface area contributed by atoms with Crippen LogP contribution in [0.5, 0.6) is 0 Å². The number of nitrogens with one attached hydrogen (secondary N) is 1. The molecule has 0 aliphatic rings. The molecule has 5 heteroatoms. The van der Waals surface area contributed by atoms with Crippen LogP contribution < -0.4 is 5.32 Å². The molecule has 2 heterocycles. The number of hydrogen-bond acceptors (Lipinski definition) is 1. The van der Waals surface area contributed by atoms with Crippen LogP contribution in [0.25, 0.3) is 5.52 Å². The Balaban J connectivity index is 2.50. The highest BCUT2D eigenvalue weighted by atomic mass is 19.3. The molecule has 16 heavy (non-hydrogen) atoms. The van der Waals surface area contributed by atoms with E-state index in [0.717, 1.165) is 0 Å². The van der Waals surface area contributed by atoms with Gasteiger partial charge in [0.2, 0.25) is 0 Å². The van der Waals surface area contributed by atoms with Crippen LogP contribution >= 0.6 is 0 Å². The lowest BCUT2D eigenvalue weighted by atomic mass is 10.2. The van der Waals surface area contributed by atoms with Crippen LogP contribution in [0.2, 0.25) is 0 Å². The van der Waals surface area contributed by atoms with E-state index in [1.807, 2.05) is 0 Å². The number of amides is 1. The van der Waals surface area contributed by atoms with E-state index in [0.29, 0.717) is 11.1 Å². The van der Waals surface area contributed by atoms with Crippen molar-refractivity contribution in [2.45, 2.75) is 6.43 Å². The van der Waals surface area contributed by atoms with E-state index < -0.39 is 6.43 Å². The maximum Gasteiger partial charge on any atom is 0.263 e. The van der Waals surface area contributed by atoms with E-state index in [1.165, 1.54) is 25.4 Å². The molecular formula is C11H10F2N2O. The summed E-state index contributed by atoms with van der Waals surface area (Å²) < 4.78 is 26.5. The van der Waals surface area contributed by atoms with Gasteiger partial charge in [-0.15, -0.1) is 0 Å². The summed E-state index contributed by atoms with van der Waals surface area (Å²) in [5.74, 6) is -0.234. The molecule has 0 aliphatic carbocycles. The number of rotatable bonds is 2. The van der Waals surface area contributed by atoms with Crippen molar-refractivity contribution in [2.24, 2.45) is 0 Å². The monoisotopic (exact) mass is 224 g/mol. The van der Waals surface area contributed by atoms with Gasteiger partial charge in [-0.05, 0) is 18.2 Å². The third-order valence-electron chi connectivity index (χ3n) is 2.36. The summed E-state index contributed by atoms with van der Waals surface area (Å²) in [5, 5.41) is 2.48. The van der Waals surface area contributed by atoms with Crippen LogP contribution in [0.1, 0.15) is 22.3 Å². The van der Waals surface area contributed by atoms with Gasteiger partial charge >= 0.3 is 0 Å². The molecule has 0 fully saturated rings. The zero-order valence-corrected chi connectivity index (χ0v) is 8.58. The smallest absolute Gasteiger partial charge is 0.263 e. The molecule has 3 nitrogen and oxygen atoms in total. The number of nitrogens with zero attached hydrogens (tertiary/aromatic N) is 1. The second-order valence-corrected chi connectivity index (χ2v) is 3.40. The Bertz CT molecular complexity index is 534. The molecule has 2 aromatic rings. The molecule has 84 valence electrons. The summed E-state index contributed by atoms with van der Waals surface area (Å²) in [7, 11) is 1.52. The molecule has 0 radical (unpaired) electrons. The van der Waals surface area contributed by atoms with Crippen molar-refractivity contribution >= 4 is 11.4 Å². The number of pyridine rings is 1. The zero-order chi connectivity index (χ0) is 11.7. The van der Waals surface area contributed by atoms with Gasteiger partial charge in [0.15, 0.2) is 0 Å². The van der Waals surface area contributed by atoms with Gasteiger partial charge in [0.1, 0.15) is 0 Å². The van der Waals surface area contributed by atoms with Crippen LogP contribution in [0.4, 0.5) is 8.78 Å². The summed E-state index contributed by atoms with van der Waals surface area (Å²) >= 11 is 0. The largest absolute Gasteiger partial charge is 0.355 e. The Morgan fingerprint density at radius 2 is 2.19 bits per heavy atom. The minimum absolute atomic E-state index is 0.0472. The van der Waals surface area contributed by atoms with Gasteiger partial charge in [0.05, 0.1) is 5.56 Å². The van der Waals surface area contributed by atoms with Crippen molar-refractivity contribution in [1.29, 1.82) is 0 Å². The quantitative estimate of drug-likeness (QED) is 0.833. The average Bonchev–Trinajstić information content (AvgIpc) is 2.70. The van der Waals surface area contributed by atoms with Crippen LogP contribution in [0.15, 0.2) is 30.6 Å². The highest BCUT2D eigenvalue weighted by Gasteiger charge is 2.10. The molecule has 1 amide bonds. The molecule has 2 rings (SSSR count). The summed E-state index contributed by atoms with van der Waals surface area (Å²) in [4.78, 5) is 11.3. The van der Waals surface area contributed by atoms with E-state index in [2.05, 4.69) is 5.32 Å². The molecule has 0 spiro atoms. The minimum atomic E-state index is -2.50. The lowest BCUT2D eigenvalue weighted by Gasteiger charge is -1.99. The lowest BCUT2D eigenvalue weighted by molar-refractivity contribution is 0.0963. The first kappa shape index (κ1) is 10.6. The highest BCUT2D eigenvalue weighted by Crippen LogP contribution is 2.21. The molecule has 0 saturated heterocycles. The minimum Gasteiger partial charge on any atom is -0.355 e. The topological polar surface area (TPSA) is 33.5 Å². The maximum absolute atomic E-state index is 12.4. The van der Waals surface area contributed by atoms with Crippen molar-refractivity contribution in [2.75, 3.05) is 7.05 Å². The third-order valence-corrected chi connectivity index (χ3v) is 2.36. The summed E-state index contributed by atoms with van der Waals surface area (Å²) in [6.07, 6.45) is 0.621. The second kappa shape index (κ2) is 3.92. The van der Waals surface area contributed by atoms with Gasteiger partial charge in [-0.2, -0.15) is 0 Å². The zero-order valence-electron chi connectivity index (χ0n) is 8.58. The Morgan fingerprint density at radius 3 is 2.81 bits per heavy atom. The molecule has 0 aliphatic heterocycles. The summed E-state index contributed by atoms with van der Waals surface area (Å²) in [6.45, 7) is 0. The van der Waals surface area contributed by atoms with Crippen molar-refractivity contribution in [3.05, 3.63) is 41.7 Å². The molecule has 0 aromatic carbocycles. The Hall–Kier alpha value is -1.91. The predicted octanol–water partition coefficient (Wildman–Crippen LogP) is 2.24. The van der Waals surface area contributed by atoms with E-state index in [-0.39, 0.29) is 11.5 Å². The van der Waals surface area contributed by atoms with Crippen molar-refractivity contribution < 1.29 is 13.6 Å². The van der Waals surface area contributed by atoms with Gasteiger partial charge in [0.25, 0.3) is 12.3 Å². The van der Waals surface area contributed by atoms with E-state index in [4.69, 9.17) is 0 Å². The van der Waals surface area contributed by atoms with Crippen LogP contribution in [-0.4, -0.2) is 17.4 Å². The number of carbonyl (C=O) groups excluding carboxylic acids is 1. The number of fused-ring (bicyclic) bond motifs is 1. The third kappa shape index (κ3) is 1.76. The standard InChI is InChI=1S/C11H10F2N2O/c1-14-11(16)8-5-9-4-7(10(12)13)2-3-15(9)6-8/h2-6,10H,1H3,(H,14,16). The van der Waals surface area contributed by atoms with Crippen molar-refractivity contribution in [3.63, 3.8) is 0 Å². The summed E-state index contributed by atoms with van der Waals surface area (Å²) in [6, 6.07) is 4.28. The molecule has 0 saturated carbocycles. The first-order chi connectivity index (χ1) is 7.61. The van der Waals surface area contributed by atoms with E-state index in [9.17, 15) is 13.6 Å². The van der Waals surface area contributed by atoms with Gasteiger partial charge in [-0.3, -0.25) is 4.79 Å². The first-order valence-corrected chi connectivity index (χ1v) is 4.73. The SMILES string of the molecule is CNC(=O)c1cc2cc(C(F)F)ccn2c1. The molecule has 1 N–H and O–H groups in total.